The lowest BCUT2D eigenvalue weighted by Gasteiger charge is -2.29. The minimum absolute atomic E-state index is 0.150. The topological polar surface area (TPSA) is 49.8 Å². The van der Waals surface area contributed by atoms with Gasteiger partial charge in [-0.15, -0.1) is 0 Å². The minimum atomic E-state index is -0.300. The van der Waals surface area contributed by atoms with Crippen LogP contribution < -0.4 is 0 Å². The molecule has 1 heterocycles. The standard InChI is InChI=1S/C14H19NO3/c1-18-14(17)12-4-2-3-11(9-12)10-15-7-5-13(16)6-8-15/h2-4,9,13,16H,5-8,10H2,1H3. The number of benzene rings is 1. The van der Waals surface area contributed by atoms with E-state index >= 15 is 0 Å². The summed E-state index contributed by atoms with van der Waals surface area (Å²) in [6.45, 7) is 2.63. The zero-order valence-electron chi connectivity index (χ0n) is 10.6. The van der Waals surface area contributed by atoms with Crippen molar-refractivity contribution in [1.29, 1.82) is 0 Å². The van der Waals surface area contributed by atoms with Crippen LogP contribution in [0, 0.1) is 0 Å². The van der Waals surface area contributed by atoms with Crippen molar-refractivity contribution < 1.29 is 14.6 Å². The van der Waals surface area contributed by atoms with Crippen LogP contribution in [0.4, 0.5) is 0 Å². The fraction of sp³-hybridized carbons (Fsp3) is 0.500. The zero-order valence-corrected chi connectivity index (χ0v) is 10.6. The number of likely N-dealkylation sites (tertiary alicyclic amines) is 1. The number of aliphatic hydroxyl groups is 1. The number of hydrogen-bond acceptors (Lipinski definition) is 4. The number of ether oxygens (including phenoxy) is 1. The molecule has 0 bridgehead atoms. The highest BCUT2D eigenvalue weighted by atomic mass is 16.5. The summed E-state index contributed by atoms with van der Waals surface area (Å²) in [6.07, 6.45) is 1.51. The Balaban J connectivity index is 1.99. The summed E-state index contributed by atoms with van der Waals surface area (Å²) in [5, 5.41) is 9.45. The fourth-order valence-electron chi connectivity index (χ4n) is 2.25. The van der Waals surface area contributed by atoms with Gasteiger partial charge in [-0.3, -0.25) is 4.90 Å². The summed E-state index contributed by atoms with van der Waals surface area (Å²) in [7, 11) is 1.39. The van der Waals surface area contributed by atoms with Gasteiger partial charge >= 0.3 is 5.97 Å². The minimum Gasteiger partial charge on any atom is -0.465 e. The maximum absolute atomic E-state index is 11.4. The van der Waals surface area contributed by atoms with Crippen molar-refractivity contribution in [2.75, 3.05) is 20.2 Å². The Bertz CT molecular complexity index is 411. The van der Waals surface area contributed by atoms with Gasteiger partial charge in [-0.2, -0.15) is 0 Å². The third-order valence-corrected chi connectivity index (χ3v) is 3.31. The quantitative estimate of drug-likeness (QED) is 0.823. The highest BCUT2D eigenvalue weighted by molar-refractivity contribution is 5.89. The van der Waals surface area contributed by atoms with E-state index in [1.54, 1.807) is 6.07 Å². The van der Waals surface area contributed by atoms with Crippen LogP contribution in [-0.4, -0.2) is 42.3 Å². The summed E-state index contributed by atoms with van der Waals surface area (Å²) in [6, 6.07) is 7.52. The Kier molecular flexibility index (Phi) is 4.33. The molecule has 0 atom stereocenters. The summed E-state index contributed by atoms with van der Waals surface area (Å²) in [4.78, 5) is 13.7. The fourth-order valence-corrected chi connectivity index (χ4v) is 2.25. The number of aliphatic hydroxyl groups excluding tert-OH is 1. The van der Waals surface area contributed by atoms with Crippen molar-refractivity contribution in [2.45, 2.75) is 25.5 Å². The lowest BCUT2D eigenvalue weighted by molar-refractivity contribution is 0.0600. The van der Waals surface area contributed by atoms with Crippen LogP contribution in [0.2, 0.25) is 0 Å². The van der Waals surface area contributed by atoms with E-state index in [0.717, 1.165) is 38.0 Å². The number of nitrogens with zero attached hydrogens (tertiary/aromatic N) is 1. The molecule has 98 valence electrons. The van der Waals surface area contributed by atoms with E-state index in [4.69, 9.17) is 4.74 Å². The molecular weight excluding hydrogens is 230 g/mol. The highest BCUT2D eigenvalue weighted by Gasteiger charge is 2.17. The molecule has 0 amide bonds. The van der Waals surface area contributed by atoms with Crippen molar-refractivity contribution in [3.63, 3.8) is 0 Å². The van der Waals surface area contributed by atoms with Gasteiger partial charge in [0.25, 0.3) is 0 Å². The molecule has 1 aliphatic rings. The second-order valence-electron chi connectivity index (χ2n) is 4.70. The summed E-state index contributed by atoms with van der Waals surface area (Å²) in [5.41, 5.74) is 1.70. The molecule has 4 heteroatoms. The third kappa shape index (κ3) is 3.31. The zero-order chi connectivity index (χ0) is 13.0. The van der Waals surface area contributed by atoms with Crippen LogP contribution >= 0.6 is 0 Å². The molecule has 0 unspecified atom stereocenters. The van der Waals surface area contributed by atoms with Crippen LogP contribution in [0.1, 0.15) is 28.8 Å². The molecule has 0 saturated carbocycles. The third-order valence-electron chi connectivity index (χ3n) is 3.31. The number of rotatable bonds is 3. The molecule has 1 aliphatic heterocycles. The average Bonchev–Trinajstić information content (AvgIpc) is 2.41. The van der Waals surface area contributed by atoms with E-state index in [0.29, 0.717) is 5.56 Å². The Morgan fingerprint density at radius 1 is 1.44 bits per heavy atom. The first kappa shape index (κ1) is 13.1. The first-order valence-corrected chi connectivity index (χ1v) is 6.26. The lowest BCUT2D eigenvalue weighted by Crippen LogP contribution is -2.35. The SMILES string of the molecule is COC(=O)c1cccc(CN2CCC(O)CC2)c1. The van der Waals surface area contributed by atoms with Crippen LogP contribution in [0.25, 0.3) is 0 Å². The second-order valence-corrected chi connectivity index (χ2v) is 4.70. The molecule has 1 saturated heterocycles. The van der Waals surface area contributed by atoms with Gasteiger partial charge in [-0.1, -0.05) is 12.1 Å². The van der Waals surface area contributed by atoms with E-state index in [-0.39, 0.29) is 12.1 Å². The van der Waals surface area contributed by atoms with Crippen LogP contribution in [0.5, 0.6) is 0 Å². The Morgan fingerprint density at radius 2 is 2.17 bits per heavy atom. The van der Waals surface area contributed by atoms with Crippen LogP contribution in [0.15, 0.2) is 24.3 Å². The van der Waals surface area contributed by atoms with Gasteiger partial charge in [0, 0.05) is 19.6 Å². The maximum atomic E-state index is 11.4. The molecule has 0 radical (unpaired) electrons. The molecule has 0 aromatic heterocycles. The van der Waals surface area contributed by atoms with Gasteiger partial charge in [-0.25, -0.2) is 4.79 Å². The van der Waals surface area contributed by atoms with E-state index in [1.807, 2.05) is 18.2 Å². The summed E-state index contributed by atoms with van der Waals surface area (Å²) >= 11 is 0. The van der Waals surface area contributed by atoms with E-state index in [2.05, 4.69) is 4.90 Å². The maximum Gasteiger partial charge on any atom is 0.337 e. The predicted octanol–water partition coefficient (Wildman–Crippen LogP) is 1.43. The van der Waals surface area contributed by atoms with Crippen molar-refractivity contribution in [3.05, 3.63) is 35.4 Å². The number of esters is 1. The normalized spacial score (nSPS) is 17.7. The smallest absolute Gasteiger partial charge is 0.337 e. The lowest BCUT2D eigenvalue weighted by atomic mass is 10.1. The number of carbonyl (C=O) groups excluding carboxylic acids is 1. The monoisotopic (exact) mass is 249 g/mol. The van der Waals surface area contributed by atoms with Crippen molar-refractivity contribution in [3.8, 4) is 0 Å². The van der Waals surface area contributed by atoms with Crippen LogP contribution in [-0.2, 0) is 11.3 Å². The number of carbonyl (C=O) groups is 1. The largest absolute Gasteiger partial charge is 0.465 e. The Hall–Kier alpha value is -1.39. The van der Waals surface area contributed by atoms with Gasteiger partial charge < -0.3 is 9.84 Å². The average molecular weight is 249 g/mol. The van der Waals surface area contributed by atoms with E-state index in [9.17, 15) is 9.90 Å². The van der Waals surface area contributed by atoms with E-state index < -0.39 is 0 Å². The molecule has 0 spiro atoms. The van der Waals surface area contributed by atoms with E-state index in [1.165, 1.54) is 7.11 Å². The molecule has 18 heavy (non-hydrogen) atoms. The molecule has 1 fully saturated rings. The molecule has 1 N–H and O–H groups in total. The first-order chi connectivity index (χ1) is 8.69. The van der Waals surface area contributed by atoms with Crippen molar-refractivity contribution in [1.82, 2.24) is 4.90 Å². The number of hydrogen-bond donors (Lipinski definition) is 1. The number of methoxy groups -OCH3 is 1. The highest BCUT2D eigenvalue weighted by Crippen LogP contribution is 2.14. The number of piperidine rings is 1. The van der Waals surface area contributed by atoms with Gasteiger partial charge in [0.1, 0.15) is 0 Å². The van der Waals surface area contributed by atoms with Gasteiger partial charge in [0.15, 0.2) is 0 Å². The van der Waals surface area contributed by atoms with Gasteiger partial charge in [0.2, 0.25) is 0 Å². The molecule has 1 aromatic carbocycles. The van der Waals surface area contributed by atoms with Crippen molar-refractivity contribution in [2.24, 2.45) is 0 Å². The van der Waals surface area contributed by atoms with Gasteiger partial charge in [0.05, 0.1) is 18.8 Å². The summed E-state index contributed by atoms with van der Waals surface area (Å²) in [5.74, 6) is -0.300. The Labute approximate surface area is 107 Å². The first-order valence-electron chi connectivity index (χ1n) is 6.26. The molecular formula is C14H19NO3. The predicted molar refractivity (Wildman–Crippen MR) is 68.3 cm³/mol. The van der Waals surface area contributed by atoms with Crippen LogP contribution in [0.3, 0.4) is 0 Å². The molecule has 1 aromatic rings. The second kappa shape index (κ2) is 5.98. The molecule has 2 rings (SSSR count). The summed E-state index contributed by atoms with van der Waals surface area (Å²) < 4.78 is 4.71. The molecule has 4 nitrogen and oxygen atoms in total. The van der Waals surface area contributed by atoms with Crippen molar-refractivity contribution >= 4 is 5.97 Å². The Morgan fingerprint density at radius 3 is 2.83 bits per heavy atom. The van der Waals surface area contributed by atoms with Gasteiger partial charge in [-0.05, 0) is 30.5 Å². The molecule has 0 aliphatic carbocycles.